The molecule has 0 bridgehead atoms. The van der Waals surface area contributed by atoms with Crippen LogP contribution in [0.4, 0.5) is 0 Å². The van der Waals surface area contributed by atoms with Crippen LogP contribution in [0.5, 0.6) is 11.5 Å². The number of hydrogen-bond donors (Lipinski definition) is 1. The fourth-order valence-electron chi connectivity index (χ4n) is 5.42. The van der Waals surface area contributed by atoms with Gasteiger partial charge < -0.3 is 14.8 Å². The van der Waals surface area contributed by atoms with Crippen LogP contribution in [0.25, 0.3) is 0 Å². The Kier molecular flexibility index (Phi) is 4.65. The van der Waals surface area contributed by atoms with Gasteiger partial charge in [0.05, 0.1) is 14.2 Å². The second kappa shape index (κ2) is 7.14. The van der Waals surface area contributed by atoms with Gasteiger partial charge in [-0.3, -0.25) is 0 Å². The molecule has 0 radical (unpaired) electrons. The van der Waals surface area contributed by atoms with E-state index in [0.29, 0.717) is 12.0 Å². The molecule has 144 valence electrons. The lowest BCUT2D eigenvalue weighted by molar-refractivity contribution is 0.349. The van der Waals surface area contributed by atoms with Crippen LogP contribution in [0.3, 0.4) is 0 Å². The van der Waals surface area contributed by atoms with Crippen LogP contribution in [0.15, 0.2) is 18.2 Å². The number of methoxy groups -OCH3 is 2. The van der Waals surface area contributed by atoms with Crippen LogP contribution >= 0.6 is 11.3 Å². The van der Waals surface area contributed by atoms with Crippen molar-refractivity contribution in [1.82, 2.24) is 5.32 Å². The molecule has 1 aromatic heterocycles. The van der Waals surface area contributed by atoms with Crippen molar-refractivity contribution in [3.05, 3.63) is 44.6 Å². The van der Waals surface area contributed by atoms with Crippen LogP contribution in [0.2, 0.25) is 0 Å². The Hall–Kier alpha value is -1.52. The predicted molar refractivity (Wildman–Crippen MR) is 110 cm³/mol. The summed E-state index contributed by atoms with van der Waals surface area (Å²) in [5, 5.41) is 3.83. The van der Waals surface area contributed by atoms with Crippen molar-refractivity contribution in [1.29, 1.82) is 0 Å². The monoisotopic (exact) mass is 383 g/mol. The fourth-order valence-corrected chi connectivity index (χ4v) is 6.91. The lowest BCUT2D eigenvalue weighted by Crippen LogP contribution is -2.41. The van der Waals surface area contributed by atoms with Gasteiger partial charge in [-0.1, -0.05) is 25.7 Å². The van der Waals surface area contributed by atoms with Gasteiger partial charge >= 0.3 is 0 Å². The van der Waals surface area contributed by atoms with Crippen LogP contribution in [-0.2, 0) is 19.4 Å². The average Bonchev–Trinajstić information content (AvgIpc) is 3.35. The number of aryl methyl sites for hydroxylation is 1. The highest BCUT2D eigenvalue weighted by atomic mass is 32.1. The maximum absolute atomic E-state index is 5.62. The van der Waals surface area contributed by atoms with Gasteiger partial charge in [0.2, 0.25) is 0 Å². The summed E-state index contributed by atoms with van der Waals surface area (Å²) in [5.74, 6) is 3.08. The zero-order valence-corrected chi connectivity index (χ0v) is 17.2. The Morgan fingerprint density at radius 1 is 1.00 bits per heavy atom. The molecule has 1 aromatic carbocycles. The van der Waals surface area contributed by atoms with Crippen LogP contribution < -0.4 is 14.8 Å². The fraction of sp³-hybridized carbons (Fsp3) is 0.565. The summed E-state index contributed by atoms with van der Waals surface area (Å²) >= 11 is 2.08. The third-order valence-electron chi connectivity index (χ3n) is 6.80. The molecule has 0 spiro atoms. The molecule has 0 amide bonds. The molecule has 2 aliphatic carbocycles. The highest BCUT2D eigenvalue weighted by molar-refractivity contribution is 7.12. The first-order valence-corrected chi connectivity index (χ1v) is 11.2. The highest BCUT2D eigenvalue weighted by Crippen LogP contribution is 2.47. The molecule has 1 saturated carbocycles. The first-order valence-electron chi connectivity index (χ1n) is 10.4. The van der Waals surface area contributed by atoms with E-state index in [0.717, 1.165) is 30.4 Å². The lowest BCUT2D eigenvalue weighted by Gasteiger charge is -2.38. The third kappa shape index (κ3) is 3.07. The van der Waals surface area contributed by atoms with E-state index in [-0.39, 0.29) is 0 Å². The topological polar surface area (TPSA) is 30.5 Å². The quantitative estimate of drug-likeness (QED) is 0.802. The molecule has 3 nitrogen and oxygen atoms in total. The molecule has 2 heterocycles. The van der Waals surface area contributed by atoms with Crippen molar-refractivity contribution in [2.24, 2.45) is 5.92 Å². The summed E-state index contributed by atoms with van der Waals surface area (Å²) in [7, 11) is 3.46. The van der Waals surface area contributed by atoms with Crippen molar-refractivity contribution < 1.29 is 9.47 Å². The maximum atomic E-state index is 5.62. The number of nitrogens with one attached hydrogen (secondary N) is 1. The van der Waals surface area contributed by atoms with E-state index in [9.17, 15) is 0 Å². The SMILES string of the molecule is COc1cc2c(cc1OC)[C@@H]1c3sc(CC4CCCC4)cc3CN[C@H]1CC2. The Morgan fingerprint density at radius 2 is 1.78 bits per heavy atom. The van der Waals surface area contributed by atoms with Gasteiger partial charge in [-0.2, -0.15) is 0 Å². The largest absolute Gasteiger partial charge is 0.493 e. The second-order valence-electron chi connectivity index (χ2n) is 8.37. The highest BCUT2D eigenvalue weighted by Gasteiger charge is 2.37. The molecular weight excluding hydrogens is 354 g/mol. The Bertz CT molecular complexity index is 837. The van der Waals surface area contributed by atoms with Crippen molar-refractivity contribution in [2.45, 2.75) is 63.5 Å². The van der Waals surface area contributed by atoms with E-state index in [1.807, 2.05) is 0 Å². The van der Waals surface area contributed by atoms with Crippen molar-refractivity contribution in [2.75, 3.05) is 14.2 Å². The van der Waals surface area contributed by atoms with Gasteiger partial charge in [0, 0.05) is 28.3 Å². The van der Waals surface area contributed by atoms with Gasteiger partial charge in [0.25, 0.3) is 0 Å². The minimum Gasteiger partial charge on any atom is -0.493 e. The number of rotatable bonds is 4. The van der Waals surface area contributed by atoms with Gasteiger partial charge in [-0.05, 0) is 60.1 Å². The molecule has 4 heteroatoms. The molecule has 0 saturated heterocycles. The normalized spacial score (nSPS) is 24.2. The summed E-state index contributed by atoms with van der Waals surface area (Å²) in [5.41, 5.74) is 4.39. The molecule has 1 N–H and O–H groups in total. The zero-order valence-electron chi connectivity index (χ0n) is 16.3. The number of ether oxygens (including phenoxy) is 2. The van der Waals surface area contributed by atoms with Gasteiger partial charge in [-0.25, -0.2) is 0 Å². The first-order chi connectivity index (χ1) is 13.3. The molecule has 5 rings (SSSR count). The summed E-state index contributed by atoms with van der Waals surface area (Å²) in [6.45, 7) is 1.03. The summed E-state index contributed by atoms with van der Waals surface area (Å²) in [6.07, 6.45) is 9.29. The van der Waals surface area contributed by atoms with Crippen LogP contribution in [0, 0.1) is 5.92 Å². The summed E-state index contributed by atoms with van der Waals surface area (Å²) in [4.78, 5) is 3.20. The molecule has 0 unspecified atom stereocenters. The van der Waals surface area contributed by atoms with Gasteiger partial charge in [0.1, 0.15) is 0 Å². The smallest absolute Gasteiger partial charge is 0.161 e. The maximum Gasteiger partial charge on any atom is 0.161 e. The Labute approximate surface area is 166 Å². The van der Waals surface area contributed by atoms with E-state index in [2.05, 4.69) is 34.9 Å². The van der Waals surface area contributed by atoms with E-state index >= 15 is 0 Å². The van der Waals surface area contributed by atoms with Crippen molar-refractivity contribution in [3.63, 3.8) is 0 Å². The zero-order chi connectivity index (χ0) is 18.4. The molecule has 1 aliphatic heterocycles. The molecule has 27 heavy (non-hydrogen) atoms. The van der Waals surface area contributed by atoms with Gasteiger partial charge in [-0.15, -0.1) is 11.3 Å². The molecular formula is C23H29NO2S. The Balaban J connectivity index is 1.53. The van der Waals surface area contributed by atoms with Gasteiger partial charge in [0.15, 0.2) is 11.5 Å². The molecule has 3 aliphatic rings. The molecule has 2 atom stereocenters. The third-order valence-corrected chi connectivity index (χ3v) is 8.08. The van der Waals surface area contributed by atoms with E-state index in [4.69, 9.17) is 9.47 Å². The predicted octanol–water partition coefficient (Wildman–Crippen LogP) is 5.05. The number of thiophene rings is 1. The minimum absolute atomic E-state index is 0.458. The molecule has 2 aromatic rings. The summed E-state index contributed by atoms with van der Waals surface area (Å²) in [6, 6.07) is 7.47. The van der Waals surface area contributed by atoms with E-state index in [1.54, 1.807) is 24.0 Å². The van der Waals surface area contributed by atoms with Crippen LogP contribution in [-0.4, -0.2) is 20.3 Å². The van der Waals surface area contributed by atoms with E-state index in [1.165, 1.54) is 55.2 Å². The van der Waals surface area contributed by atoms with Crippen molar-refractivity contribution in [3.8, 4) is 11.5 Å². The number of benzene rings is 1. The minimum atomic E-state index is 0.458. The summed E-state index contributed by atoms with van der Waals surface area (Å²) < 4.78 is 11.2. The lowest BCUT2D eigenvalue weighted by atomic mass is 9.75. The number of hydrogen-bond acceptors (Lipinski definition) is 4. The number of fused-ring (bicyclic) bond motifs is 5. The Morgan fingerprint density at radius 3 is 2.56 bits per heavy atom. The molecule has 1 fully saturated rings. The first kappa shape index (κ1) is 17.6. The van der Waals surface area contributed by atoms with Crippen LogP contribution in [0.1, 0.15) is 64.5 Å². The average molecular weight is 384 g/mol. The standard InChI is InChI=1S/C23H29NO2S/c1-25-20-11-15-7-8-19-22(18(15)12-21(20)26-2)23-16(13-24-19)10-17(27-23)9-14-5-3-4-6-14/h10-12,14,19,22,24H,3-9,13H2,1-2H3/t19-,22-/m0/s1. The second-order valence-corrected chi connectivity index (χ2v) is 9.53. The van der Waals surface area contributed by atoms with Crippen molar-refractivity contribution >= 4 is 11.3 Å². The van der Waals surface area contributed by atoms with E-state index < -0.39 is 0 Å².